The van der Waals surface area contributed by atoms with Gasteiger partial charge >= 0.3 is 0 Å². The van der Waals surface area contributed by atoms with E-state index in [1.54, 1.807) is 0 Å². The minimum atomic E-state index is 0.106. The van der Waals surface area contributed by atoms with E-state index in [-0.39, 0.29) is 5.91 Å². The maximum Gasteiger partial charge on any atom is 0.274 e. The molecular weight excluding hydrogens is 398 g/mol. The Balaban J connectivity index is 1.24. The van der Waals surface area contributed by atoms with E-state index in [0.717, 1.165) is 61.3 Å². The highest BCUT2D eigenvalue weighted by molar-refractivity contribution is 5.94. The van der Waals surface area contributed by atoms with Crippen LogP contribution in [0.15, 0.2) is 18.3 Å². The Morgan fingerprint density at radius 3 is 2.53 bits per heavy atom. The first-order chi connectivity index (χ1) is 15.7. The Bertz CT molecular complexity index is 918. The molecule has 2 saturated heterocycles. The van der Waals surface area contributed by atoms with E-state index >= 15 is 0 Å². The van der Waals surface area contributed by atoms with Crippen LogP contribution in [-0.2, 0) is 6.54 Å². The summed E-state index contributed by atoms with van der Waals surface area (Å²) in [6.45, 7) is 8.02. The topological polar surface area (TPSA) is 52.9 Å². The van der Waals surface area contributed by atoms with Gasteiger partial charge in [-0.05, 0) is 89.1 Å². The van der Waals surface area contributed by atoms with E-state index in [1.165, 1.54) is 58.0 Å². The molecule has 0 spiro atoms. The minimum Gasteiger partial charge on any atom is -0.337 e. The van der Waals surface area contributed by atoms with Gasteiger partial charge in [0.25, 0.3) is 5.91 Å². The van der Waals surface area contributed by atoms with E-state index in [0.29, 0.717) is 12.2 Å². The largest absolute Gasteiger partial charge is 0.337 e. The lowest BCUT2D eigenvalue weighted by molar-refractivity contribution is 0.0717. The molecule has 6 nitrogen and oxygen atoms in total. The zero-order valence-corrected chi connectivity index (χ0v) is 19.7. The number of hydrogen-bond donors (Lipinski definition) is 1. The summed E-state index contributed by atoms with van der Waals surface area (Å²) in [6, 6.07) is 4.99. The van der Waals surface area contributed by atoms with Crippen LogP contribution < -0.4 is 5.32 Å². The number of piperidine rings is 2. The second kappa shape index (κ2) is 9.92. The number of likely N-dealkylation sites (tertiary alicyclic amines) is 2. The van der Waals surface area contributed by atoms with Gasteiger partial charge in [0.05, 0.1) is 5.69 Å². The van der Waals surface area contributed by atoms with Crippen molar-refractivity contribution in [3.05, 3.63) is 35.3 Å². The van der Waals surface area contributed by atoms with Crippen LogP contribution in [0.1, 0.15) is 79.5 Å². The molecule has 0 unspecified atom stereocenters. The molecule has 174 valence electrons. The third-order valence-electron chi connectivity index (χ3n) is 8.01. The van der Waals surface area contributed by atoms with Crippen LogP contribution in [0.25, 0.3) is 5.65 Å². The highest BCUT2D eigenvalue weighted by Gasteiger charge is 2.28. The molecule has 6 heteroatoms. The predicted molar refractivity (Wildman–Crippen MR) is 128 cm³/mol. The number of hydrogen-bond acceptors (Lipinski definition) is 4. The van der Waals surface area contributed by atoms with Gasteiger partial charge in [-0.25, -0.2) is 4.98 Å². The fourth-order valence-electron chi connectivity index (χ4n) is 6.03. The zero-order chi connectivity index (χ0) is 21.9. The number of aromatic nitrogens is 2. The number of carbonyl (C=O) groups is 1. The zero-order valence-electron chi connectivity index (χ0n) is 19.7. The van der Waals surface area contributed by atoms with Gasteiger partial charge in [0.1, 0.15) is 5.65 Å². The molecule has 0 bridgehead atoms. The number of carbonyl (C=O) groups excluding carboxylic acids is 1. The second-order valence-electron chi connectivity index (χ2n) is 10.2. The van der Waals surface area contributed by atoms with Gasteiger partial charge in [0.2, 0.25) is 0 Å². The molecule has 4 heterocycles. The standard InChI is InChI=1S/C26H39N5O/c1-20-8-7-15-31-23(24(28-25(20)31)26(32)30-13-5-2-6-14-30)19-27-18-21-11-16-29(17-12-21)22-9-3-4-10-22/h7-8,15,21-22,27H,2-6,9-14,16-19H2,1H3. The van der Waals surface area contributed by atoms with Crippen LogP contribution in [0.2, 0.25) is 0 Å². The molecule has 1 aliphatic carbocycles. The van der Waals surface area contributed by atoms with Gasteiger partial charge < -0.3 is 19.5 Å². The molecular formula is C26H39N5O. The van der Waals surface area contributed by atoms with Crippen molar-refractivity contribution in [2.45, 2.75) is 77.3 Å². The number of amides is 1. The van der Waals surface area contributed by atoms with E-state index in [1.807, 2.05) is 4.90 Å². The Morgan fingerprint density at radius 2 is 1.78 bits per heavy atom. The lowest BCUT2D eigenvalue weighted by atomic mass is 9.95. The lowest BCUT2D eigenvalue weighted by Crippen LogP contribution is -2.42. The molecule has 0 atom stereocenters. The Kier molecular flexibility index (Phi) is 6.79. The summed E-state index contributed by atoms with van der Waals surface area (Å²) in [5.74, 6) is 0.837. The fourth-order valence-corrected chi connectivity index (χ4v) is 6.03. The SMILES string of the molecule is Cc1cccn2c(CNCC3CCN(C4CCCC4)CC3)c(C(=O)N3CCCCC3)nc12. The first-order valence-electron chi connectivity index (χ1n) is 12.9. The average molecular weight is 438 g/mol. The van der Waals surface area contributed by atoms with Crippen LogP contribution in [-0.4, -0.2) is 63.9 Å². The number of fused-ring (bicyclic) bond motifs is 1. The van der Waals surface area contributed by atoms with E-state index in [2.05, 4.69) is 39.9 Å². The molecule has 1 amide bonds. The summed E-state index contributed by atoms with van der Waals surface area (Å²) in [7, 11) is 0. The highest BCUT2D eigenvalue weighted by Crippen LogP contribution is 2.28. The van der Waals surface area contributed by atoms with Crippen LogP contribution >= 0.6 is 0 Å². The molecule has 2 aromatic rings. The van der Waals surface area contributed by atoms with Crippen molar-refractivity contribution in [3.63, 3.8) is 0 Å². The normalized spacial score (nSPS) is 21.6. The maximum atomic E-state index is 13.3. The maximum absolute atomic E-state index is 13.3. The second-order valence-corrected chi connectivity index (χ2v) is 10.2. The van der Waals surface area contributed by atoms with Gasteiger partial charge in [0, 0.05) is 31.9 Å². The average Bonchev–Trinajstić information content (AvgIpc) is 3.49. The number of aryl methyl sites for hydroxylation is 1. The summed E-state index contributed by atoms with van der Waals surface area (Å²) in [5.41, 5.74) is 3.69. The van der Waals surface area contributed by atoms with E-state index < -0.39 is 0 Å². The van der Waals surface area contributed by atoms with Crippen molar-refractivity contribution < 1.29 is 4.79 Å². The number of rotatable bonds is 6. The van der Waals surface area contributed by atoms with Gasteiger partial charge in [-0.1, -0.05) is 18.9 Å². The molecule has 3 fully saturated rings. The Morgan fingerprint density at radius 1 is 1.03 bits per heavy atom. The molecule has 0 radical (unpaired) electrons. The van der Waals surface area contributed by atoms with E-state index in [9.17, 15) is 4.79 Å². The molecule has 0 aromatic carbocycles. The molecule has 1 saturated carbocycles. The summed E-state index contributed by atoms with van der Waals surface area (Å²) >= 11 is 0. The number of nitrogens with zero attached hydrogens (tertiary/aromatic N) is 4. The summed E-state index contributed by atoms with van der Waals surface area (Å²) < 4.78 is 2.13. The minimum absolute atomic E-state index is 0.106. The summed E-state index contributed by atoms with van der Waals surface area (Å²) in [5, 5.41) is 3.70. The third-order valence-corrected chi connectivity index (χ3v) is 8.01. The van der Waals surface area contributed by atoms with Gasteiger partial charge in [-0.2, -0.15) is 0 Å². The molecule has 5 rings (SSSR count). The van der Waals surface area contributed by atoms with Gasteiger partial charge in [-0.15, -0.1) is 0 Å². The highest BCUT2D eigenvalue weighted by atomic mass is 16.2. The summed E-state index contributed by atoms with van der Waals surface area (Å²) in [4.78, 5) is 22.9. The van der Waals surface area contributed by atoms with Crippen LogP contribution in [0.5, 0.6) is 0 Å². The third kappa shape index (κ3) is 4.58. The quantitative estimate of drug-likeness (QED) is 0.742. The lowest BCUT2D eigenvalue weighted by Gasteiger charge is -2.36. The molecule has 3 aliphatic rings. The van der Waals surface area contributed by atoms with Gasteiger partial charge in [0.15, 0.2) is 5.69 Å². The van der Waals surface area contributed by atoms with Crippen molar-refractivity contribution in [2.24, 2.45) is 5.92 Å². The van der Waals surface area contributed by atoms with Crippen molar-refractivity contribution in [1.29, 1.82) is 0 Å². The van der Waals surface area contributed by atoms with E-state index in [4.69, 9.17) is 4.98 Å². The summed E-state index contributed by atoms with van der Waals surface area (Å²) in [6.07, 6.45) is 13.7. The van der Waals surface area contributed by atoms with Crippen LogP contribution in [0.4, 0.5) is 0 Å². The first kappa shape index (κ1) is 21.9. The number of nitrogens with one attached hydrogen (secondary N) is 1. The van der Waals surface area contributed by atoms with Gasteiger partial charge in [-0.3, -0.25) is 4.79 Å². The smallest absolute Gasteiger partial charge is 0.274 e. The predicted octanol–water partition coefficient (Wildman–Crippen LogP) is 4.01. The monoisotopic (exact) mass is 437 g/mol. The van der Waals surface area contributed by atoms with Crippen LogP contribution in [0.3, 0.4) is 0 Å². The van der Waals surface area contributed by atoms with Crippen molar-refractivity contribution in [2.75, 3.05) is 32.7 Å². The Hall–Kier alpha value is -1.92. The molecule has 32 heavy (non-hydrogen) atoms. The molecule has 2 aliphatic heterocycles. The first-order valence-corrected chi connectivity index (χ1v) is 12.9. The molecule has 1 N–H and O–H groups in total. The number of imidazole rings is 1. The van der Waals surface area contributed by atoms with Crippen molar-refractivity contribution in [3.8, 4) is 0 Å². The van der Waals surface area contributed by atoms with Crippen molar-refractivity contribution >= 4 is 11.6 Å². The van der Waals surface area contributed by atoms with Crippen LogP contribution in [0, 0.1) is 12.8 Å². The number of pyridine rings is 1. The Labute approximate surface area is 192 Å². The fraction of sp³-hybridized carbons (Fsp3) is 0.692. The van der Waals surface area contributed by atoms with Crippen molar-refractivity contribution in [1.82, 2.24) is 24.5 Å². The molecule has 2 aromatic heterocycles.